The molecule has 4 rings (SSSR count). The zero-order valence-corrected chi connectivity index (χ0v) is 11.9. The van der Waals surface area contributed by atoms with Crippen molar-refractivity contribution in [3.05, 3.63) is 42.2 Å². The largest absolute Gasteiger partial charge is 0.385 e. The zero-order chi connectivity index (χ0) is 14.3. The molecule has 2 heterocycles. The van der Waals surface area contributed by atoms with E-state index in [0.717, 1.165) is 29.2 Å². The number of nitrogens with zero attached hydrogens (tertiary/aromatic N) is 1. The molecule has 1 aliphatic carbocycles. The minimum absolute atomic E-state index is 0.449. The van der Waals surface area contributed by atoms with E-state index in [4.69, 9.17) is 9.47 Å². The molecule has 1 aliphatic heterocycles. The van der Waals surface area contributed by atoms with Crippen LogP contribution in [0.5, 0.6) is 0 Å². The van der Waals surface area contributed by atoms with Crippen molar-refractivity contribution in [1.82, 2.24) is 4.98 Å². The summed E-state index contributed by atoms with van der Waals surface area (Å²) in [5.41, 5.74) is 0.157. The van der Waals surface area contributed by atoms with E-state index in [1.165, 1.54) is 0 Å². The molecular formula is C17H19NO3. The highest BCUT2D eigenvalue weighted by Crippen LogP contribution is 2.46. The molecule has 1 spiro atoms. The van der Waals surface area contributed by atoms with Crippen LogP contribution in [0.3, 0.4) is 0 Å². The first kappa shape index (κ1) is 13.2. The topological polar surface area (TPSA) is 51.6 Å². The molecule has 0 bridgehead atoms. The molecule has 1 aromatic heterocycles. The molecule has 4 heteroatoms. The lowest BCUT2D eigenvalue weighted by molar-refractivity contribution is -0.204. The van der Waals surface area contributed by atoms with Gasteiger partial charge in [0, 0.05) is 30.6 Å². The molecule has 2 aliphatic rings. The molecule has 0 amide bonds. The third kappa shape index (κ3) is 2.14. The van der Waals surface area contributed by atoms with Gasteiger partial charge in [-0.05, 0) is 29.9 Å². The van der Waals surface area contributed by atoms with Crippen molar-refractivity contribution in [2.75, 3.05) is 13.2 Å². The van der Waals surface area contributed by atoms with E-state index < -0.39 is 11.4 Å². The van der Waals surface area contributed by atoms with Gasteiger partial charge in [0.05, 0.1) is 18.8 Å². The summed E-state index contributed by atoms with van der Waals surface area (Å²) in [6.07, 6.45) is 6.41. The summed E-state index contributed by atoms with van der Waals surface area (Å²) in [6.45, 7) is 1.33. The average Bonchev–Trinajstić information content (AvgIpc) is 2.99. The fraction of sp³-hybridized carbons (Fsp3) is 0.471. The predicted octanol–water partition coefficient (Wildman–Crippen LogP) is 2.74. The Bertz CT molecular complexity index is 649. The SMILES string of the molecule is OC1(c2cccc3ccncc23)CCC2(CC1)OCCO2. The Morgan fingerprint density at radius 2 is 1.76 bits per heavy atom. The number of aliphatic hydroxyl groups is 1. The fourth-order valence-corrected chi connectivity index (χ4v) is 3.62. The molecule has 1 aromatic carbocycles. The maximum atomic E-state index is 11.1. The van der Waals surface area contributed by atoms with Gasteiger partial charge in [-0.2, -0.15) is 0 Å². The highest BCUT2D eigenvalue weighted by atomic mass is 16.7. The number of pyridine rings is 1. The first-order chi connectivity index (χ1) is 10.2. The summed E-state index contributed by atoms with van der Waals surface area (Å²) >= 11 is 0. The van der Waals surface area contributed by atoms with E-state index in [1.807, 2.05) is 24.4 Å². The van der Waals surface area contributed by atoms with Gasteiger partial charge in [0.2, 0.25) is 0 Å². The Kier molecular flexibility index (Phi) is 2.99. The van der Waals surface area contributed by atoms with Crippen molar-refractivity contribution >= 4 is 10.8 Å². The molecule has 0 radical (unpaired) electrons. The summed E-state index contributed by atoms with van der Waals surface area (Å²) in [7, 11) is 0. The minimum atomic E-state index is -0.816. The second-order valence-electron chi connectivity index (χ2n) is 6.04. The van der Waals surface area contributed by atoms with Crippen LogP contribution in [-0.2, 0) is 15.1 Å². The molecule has 21 heavy (non-hydrogen) atoms. The van der Waals surface area contributed by atoms with Crippen molar-refractivity contribution in [1.29, 1.82) is 0 Å². The summed E-state index contributed by atoms with van der Waals surface area (Å²) in [5, 5.41) is 13.3. The Morgan fingerprint density at radius 3 is 2.52 bits per heavy atom. The Morgan fingerprint density at radius 1 is 1.00 bits per heavy atom. The molecule has 4 nitrogen and oxygen atoms in total. The standard InChI is InChI=1S/C17H19NO3/c19-16(5-7-17(8-6-16)20-10-11-21-17)15-3-1-2-13-4-9-18-12-14(13)15/h1-4,9,12,19H,5-8,10-11H2. The maximum Gasteiger partial charge on any atom is 0.168 e. The van der Waals surface area contributed by atoms with Gasteiger partial charge >= 0.3 is 0 Å². The molecule has 2 fully saturated rings. The first-order valence-corrected chi connectivity index (χ1v) is 7.54. The van der Waals surface area contributed by atoms with Crippen molar-refractivity contribution in [3.63, 3.8) is 0 Å². The summed E-state index contributed by atoms with van der Waals surface area (Å²) < 4.78 is 11.5. The normalized spacial score (nSPS) is 23.7. The zero-order valence-electron chi connectivity index (χ0n) is 11.9. The Labute approximate surface area is 123 Å². The molecule has 1 saturated carbocycles. The lowest BCUT2D eigenvalue weighted by Gasteiger charge is -2.41. The number of hydrogen-bond acceptors (Lipinski definition) is 4. The van der Waals surface area contributed by atoms with Gasteiger partial charge < -0.3 is 14.6 Å². The summed E-state index contributed by atoms with van der Waals surface area (Å²) in [5.74, 6) is -0.449. The summed E-state index contributed by atoms with van der Waals surface area (Å²) in [6, 6.07) is 8.05. The number of rotatable bonds is 1. The average molecular weight is 285 g/mol. The second-order valence-corrected chi connectivity index (χ2v) is 6.04. The Hall–Kier alpha value is -1.49. The van der Waals surface area contributed by atoms with Gasteiger partial charge in [-0.15, -0.1) is 0 Å². The predicted molar refractivity (Wildman–Crippen MR) is 78.7 cm³/mol. The van der Waals surface area contributed by atoms with Crippen LogP contribution < -0.4 is 0 Å². The lowest BCUT2D eigenvalue weighted by atomic mass is 9.76. The fourth-order valence-electron chi connectivity index (χ4n) is 3.62. The van der Waals surface area contributed by atoms with Crippen LogP contribution in [0.25, 0.3) is 10.8 Å². The van der Waals surface area contributed by atoms with Gasteiger partial charge in [0.1, 0.15) is 0 Å². The first-order valence-electron chi connectivity index (χ1n) is 7.54. The smallest absolute Gasteiger partial charge is 0.168 e. The maximum absolute atomic E-state index is 11.1. The molecule has 2 aromatic rings. The van der Waals surface area contributed by atoms with Crippen LogP contribution >= 0.6 is 0 Å². The highest BCUT2D eigenvalue weighted by molar-refractivity contribution is 5.85. The van der Waals surface area contributed by atoms with E-state index in [2.05, 4.69) is 11.1 Å². The monoisotopic (exact) mass is 285 g/mol. The third-order valence-corrected chi connectivity index (χ3v) is 4.84. The molecule has 110 valence electrons. The molecule has 0 unspecified atom stereocenters. The number of fused-ring (bicyclic) bond motifs is 1. The van der Waals surface area contributed by atoms with Crippen molar-refractivity contribution < 1.29 is 14.6 Å². The number of aromatic nitrogens is 1. The number of benzene rings is 1. The number of hydrogen-bond donors (Lipinski definition) is 1. The molecule has 1 N–H and O–H groups in total. The van der Waals surface area contributed by atoms with Crippen LogP contribution in [0.2, 0.25) is 0 Å². The van der Waals surface area contributed by atoms with E-state index in [0.29, 0.717) is 26.1 Å². The van der Waals surface area contributed by atoms with Crippen molar-refractivity contribution in [3.8, 4) is 0 Å². The molecule has 0 atom stereocenters. The molecular weight excluding hydrogens is 266 g/mol. The van der Waals surface area contributed by atoms with Gasteiger partial charge in [-0.3, -0.25) is 4.98 Å². The van der Waals surface area contributed by atoms with Crippen LogP contribution in [0.1, 0.15) is 31.2 Å². The van der Waals surface area contributed by atoms with E-state index in [-0.39, 0.29) is 0 Å². The van der Waals surface area contributed by atoms with E-state index in [9.17, 15) is 5.11 Å². The lowest BCUT2D eigenvalue weighted by Crippen LogP contribution is -2.42. The van der Waals surface area contributed by atoms with Crippen molar-refractivity contribution in [2.45, 2.75) is 37.1 Å². The highest BCUT2D eigenvalue weighted by Gasteiger charge is 2.46. The van der Waals surface area contributed by atoms with Crippen molar-refractivity contribution in [2.24, 2.45) is 0 Å². The van der Waals surface area contributed by atoms with Crippen LogP contribution in [-0.4, -0.2) is 29.1 Å². The van der Waals surface area contributed by atoms with Crippen LogP contribution in [0, 0.1) is 0 Å². The van der Waals surface area contributed by atoms with Crippen LogP contribution in [0.15, 0.2) is 36.7 Å². The van der Waals surface area contributed by atoms with E-state index in [1.54, 1.807) is 6.20 Å². The van der Waals surface area contributed by atoms with Gasteiger partial charge in [-0.1, -0.05) is 18.2 Å². The van der Waals surface area contributed by atoms with Gasteiger partial charge in [0.25, 0.3) is 0 Å². The minimum Gasteiger partial charge on any atom is -0.385 e. The van der Waals surface area contributed by atoms with Gasteiger partial charge in [-0.25, -0.2) is 0 Å². The van der Waals surface area contributed by atoms with Crippen LogP contribution in [0.4, 0.5) is 0 Å². The van der Waals surface area contributed by atoms with Gasteiger partial charge in [0.15, 0.2) is 5.79 Å². The third-order valence-electron chi connectivity index (χ3n) is 4.84. The second kappa shape index (κ2) is 4.77. The quantitative estimate of drug-likeness (QED) is 0.875. The summed E-state index contributed by atoms with van der Waals surface area (Å²) in [4.78, 5) is 4.21. The van der Waals surface area contributed by atoms with E-state index >= 15 is 0 Å². The number of ether oxygens (including phenoxy) is 2. The molecule has 1 saturated heterocycles. The Balaban J connectivity index is 1.69.